The quantitative estimate of drug-likeness (QED) is 0.731. The van der Waals surface area contributed by atoms with Gasteiger partial charge in [-0.25, -0.2) is 4.98 Å². The van der Waals surface area contributed by atoms with E-state index in [4.69, 9.17) is 9.47 Å². The van der Waals surface area contributed by atoms with Crippen LogP contribution in [0.3, 0.4) is 0 Å². The first-order valence-corrected chi connectivity index (χ1v) is 4.90. The molecule has 5 heteroatoms. The third-order valence-corrected chi connectivity index (χ3v) is 2.03. The highest BCUT2D eigenvalue weighted by Crippen LogP contribution is 2.26. The van der Waals surface area contributed by atoms with Gasteiger partial charge in [0.2, 0.25) is 5.88 Å². The summed E-state index contributed by atoms with van der Waals surface area (Å²) in [5, 5.41) is 0. The number of aromatic nitrogens is 2. The zero-order valence-electron chi connectivity index (χ0n) is 10.2. The monoisotopic (exact) mass is 224 g/mol. The number of hydrogen-bond acceptors (Lipinski definition) is 5. The van der Waals surface area contributed by atoms with Gasteiger partial charge < -0.3 is 9.47 Å². The first-order chi connectivity index (χ1) is 7.40. The maximum absolute atomic E-state index is 12.0. The number of carbonyl (C=O) groups is 1. The molecule has 0 aliphatic carbocycles. The lowest BCUT2D eigenvalue weighted by Crippen LogP contribution is -2.21. The van der Waals surface area contributed by atoms with Gasteiger partial charge in [0.25, 0.3) is 0 Å². The molecule has 0 amide bonds. The minimum absolute atomic E-state index is 0.0630. The average Bonchev–Trinajstić information content (AvgIpc) is 2.26. The zero-order chi connectivity index (χ0) is 12.3. The van der Waals surface area contributed by atoms with Gasteiger partial charge in [0.15, 0.2) is 5.78 Å². The van der Waals surface area contributed by atoms with Crippen LogP contribution < -0.4 is 9.47 Å². The molecule has 0 bridgehead atoms. The molecule has 1 aromatic rings. The van der Waals surface area contributed by atoms with Gasteiger partial charge in [0, 0.05) is 11.6 Å². The smallest absolute Gasteiger partial charge is 0.319 e. The third kappa shape index (κ3) is 2.48. The van der Waals surface area contributed by atoms with Crippen LogP contribution >= 0.6 is 0 Å². The van der Waals surface area contributed by atoms with Crippen LogP contribution in [0.15, 0.2) is 6.20 Å². The second kappa shape index (κ2) is 4.47. The summed E-state index contributed by atoms with van der Waals surface area (Å²) >= 11 is 0. The summed E-state index contributed by atoms with van der Waals surface area (Å²) in [4.78, 5) is 19.9. The Labute approximate surface area is 94.8 Å². The molecule has 1 heterocycles. The summed E-state index contributed by atoms with van der Waals surface area (Å²) in [5.74, 6) is 0.179. The summed E-state index contributed by atoms with van der Waals surface area (Å²) < 4.78 is 9.92. The Hall–Kier alpha value is -1.65. The topological polar surface area (TPSA) is 61.3 Å². The molecule has 0 aromatic carbocycles. The molecule has 0 radical (unpaired) electrons. The minimum Gasteiger partial charge on any atom is -0.480 e. The van der Waals surface area contributed by atoms with Crippen molar-refractivity contribution in [3.63, 3.8) is 0 Å². The fraction of sp³-hybridized carbons (Fsp3) is 0.545. The predicted octanol–water partition coefficient (Wildman–Crippen LogP) is 1.72. The van der Waals surface area contributed by atoms with E-state index >= 15 is 0 Å². The molecule has 0 unspecified atom stereocenters. The van der Waals surface area contributed by atoms with Crippen molar-refractivity contribution in [1.82, 2.24) is 9.97 Å². The molecule has 0 aliphatic rings. The number of ketones is 1. The highest BCUT2D eigenvalue weighted by atomic mass is 16.5. The lowest BCUT2D eigenvalue weighted by Gasteiger charge is -2.17. The first-order valence-electron chi connectivity index (χ1n) is 4.90. The molecule has 5 nitrogen and oxygen atoms in total. The van der Waals surface area contributed by atoms with Crippen molar-refractivity contribution in [3.05, 3.63) is 11.8 Å². The third-order valence-electron chi connectivity index (χ3n) is 2.03. The number of nitrogens with zero attached hydrogens (tertiary/aromatic N) is 2. The van der Waals surface area contributed by atoms with E-state index in [1.807, 2.05) is 20.8 Å². The molecule has 0 atom stereocenters. The van der Waals surface area contributed by atoms with E-state index in [1.165, 1.54) is 20.4 Å². The largest absolute Gasteiger partial charge is 0.480 e. The van der Waals surface area contributed by atoms with E-state index in [-0.39, 0.29) is 17.7 Å². The van der Waals surface area contributed by atoms with Crippen LogP contribution in [-0.4, -0.2) is 30.0 Å². The Morgan fingerprint density at radius 3 is 2.31 bits per heavy atom. The van der Waals surface area contributed by atoms with Crippen LogP contribution in [0.5, 0.6) is 11.9 Å². The second-order valence-corrected chi connectivity index (χ2v) is 4.36. The molecular formula is C11H16N2O3. The Balaban J connectivity index is 3.19. The van der Waals surface area contributed by atoms with Crippen LogP contribution in [-0.2, 0) is 0 Å². The molecule has 1 aromatic heterocycles. The first kappa shape index (κ1) is 12.4. The van der Waals surface area contributed by atoms with Crippen LogP contribution in [0.1, 0.15) is 31.1 Å². The van der Waals surface area contributed by atoms with E-state index in [2.05, 4.69) is 9.97 Å². The Morgan fingerprint density at radius 2 is 1.88 bits per heavy atom. The normalized spacial score (nSPS) is 11.1. The number of methoxy groups -OCH3 is 2. The second-order valence-electron chi connectivity index (χ2n) is 4.36. The maximum atomic E-state index is 12.0. The van der Waals surface area contributed by atoms with Crippen LogP contribution in [0, 0.1) is 5.41 Å². The van der Waals surface area contributed by atoms with Crippen molar-refractivity contribution >= 4 is 5.78 Å². The molecule has 0 spiro atoms. The van der Waals surface area contributed by atoms with E-state index in [1.54, 1.807) is 0 Å². The molecule has 16 heavy (non-hydrogen) atoms. The van der Waals surface area contributed by atoms with Crippen molar-refractivity contribution < 1.29 is 14.3 Å². The summed E-state index contributed by atoms with van der Waals surface area (Å²) in [7, 11) is 2.92. The molecule has 0 N–H and O–H groups in total. The minimum atomic E-state index is -0.495. The SMILES string of the molecule is COc1ncc(C(=O)C(C)(C)C)c(OC)n1. The fourth-order valence-corrected chi connectivity index (χ4v) is 1.16. The Morgan fingerprint density at radius 1 is 1.25 bits per heavy atom. The predicted molar refractivity (Wildman–Crippen MR) is 58.9 cm³/mol. The fourth-order valence-electron chi connectivity index (χ4n) is 1.16. The van der Waals surface area contributed by atoms with Gasteiger partial charge in [-0.2, -0.15) is 4.98 Å². The summed E-state index contributed by atoms with van der Waals surface area (Å²) in [5.41, 5.74) is -0.124. The van der Waals surface area contributed by atoms with E-state index < -0.39 is 5.41 Å². The van der Waals surface area contributed by atoms with Gasteiger partial charge >= 0.3 is 6.01 Å². The molecule has 88 valence electrons. The maximum Gasteiger partial charge on any atom is 0.319 e. The van der Waals surface area contributed by atoms with Crippen molar-refractivity contribution in [2.45, 2.75) is 20.8 Å². The molecule has 1 rings (SSSR count). The van der Waals surface area contributed by atoms with Gasteiger partial charge in [0.1, 0.15) is 0 Å². The van der Waals surface area contributed by atoms with Gasteiger partial charge in [0.05, 0.1) is 19.8 Å². The standard InChI is InChI=1S/C11H16N2O3/c1-11(2,3)8(14)7-6-12-10(16-5)13-9(7)15-4/h6H,1-5H3. The number of Topliss-reactive ketones (excluding diaryl/α,β-unsaturated/α-hetero) is 1. The van der Waals surface area contributed by atoms with Crippen molar-refractivity contribution in [1.29, 1.82) is 0 Å². The van der Waals surface area contributed by atoms with Gasteiger partial charge in [-0.15, -0.1) is 0 Å². The summed E-state index contributed by atoms with van der Waals surface area (Å²) in [6.45, 7) is 5.50. The van der Waals surface area contributed by atoms with Gasteiger partial charge in [-0.1, -0.05) is 20.8 Å². The van der Waals surface area contributed by atoms with Crippen LogP contribution in [0.25, 0.3) is 0 Å². The van der Waals surface area contributed by atoms with E-state index in [0.29, 0.717) is 5.56 Å². The van der Waals surface area contributed by atoms with Crippen LogP contribution in [0.4, 0.5) is 0 Å². The summed E-state index contributed by atoms with van der Waals surface area (Å²) in [6, 6.07) is 0.183. The molecule has 0 saturated heterocycles. The Bertz CT molecular complexity index is 397. The zero-order valence-corrected chi connectivity index (χ0v) is 10.2. The number of carbonyl (C=O) groups excluding carboxylic acids is 1. The van der Waals surface area contributed by atoms with Crippen molar-refractivity contribution in [2.75, 3.05) is 14.2 Å². The number of rotatable bonds is 3. The molecule has 0 saturated carbocycles. The molecule has 0 fully saturated rings. The lowest BCUT2D eigenvalue weighted by atomic mass is 9.87. The number of hydrogen-bond donors (Lipinski definition) is 0. The van der Waals surface area contributed by atoms with Crippen molar-refractivity contribution in [2.24, 2.45) is 5.41 Å². The van der Waals surface area contributed by atoms with Gasteiger partial charge in [-0.05, 0) is 0 Å². The van der Waals surface area contributed by atoms with Gasteiger partial charge in [-0.3, -0.25) is 4.79 Å². The number of ether oxygens (including phenoxy) is 2. The highest BCUT2D eigenvalue weighted by molar-refractivity contribution is 6.01. The molecular weight excluding hydrogens is 208 g/mol. The summed E-state index contributed by atoms with van der Waals surface area (Å²) in [6.07, 6.45) is 1.43. The van der Waals surface area contributed by atoms with Crippen LogP contribution in [0.2, 0.25) is 0 Å². The average molecular weight is 224 g/mol. The van der Waals surface area contributed by atoms with E-state index in [0.717, 1.165) is 0 Å². The van der Waals surface area contributed by atoms with E-state index in [9.17, 15) is 4.79 Å². The van der Waals surface area contributed by atoms with Crippen molar-refractivity contribution in [3.8, 4) is 11.9 Å². The lowest BCUT2D eigenvalue weighted by molar-refractivity contribution is 0.0853. The Kier molecular flexibility index (Phi) is 3.47. The molecule has 0 aliphatic heterocycles. The highest BCUT2D eigenvalue weighted by Gasteiger charge is 2.27.